The van der Waals surface area contributed by atoms with E-state index in [1.807, 2.05) is 11.8 Å². The number of carbonyl (C=O) groups is 1. The summed E-state index contributed by atoms with van der Waals surface area (Å²) >= 11 is 3.33. The molecule has 110 valence electrons. The van der Waals surface area contributed by atoms with E-state index in [1.54, 1.807) is 6.07 Å². The molecule has 0 saturated carbocycles. The SMILES string of the molecule is CCCN(CC(=O)OC)Cc1ccc([N+](=O)[O-])cc1Br. The molecule has 20 heavy (non-hydrogen) atoms. The monoisotopic (exact) mass is 344 g/mol. The fraction of sp³-hybridized carbons (Fsp3) is 0.462. The molecule has 0 heterocycles. The number of halogens is 1. The predicted molar refractivity (Wildman–Crippen MR) is 78.4 cm³/mol. The third-order valence-corrected chi connectivity index (χ3v) is 3.50. The summed E-state index contributed by atoms with van der Waals surface area (Å²) in [4.78, 5) is 23.5. The molecule has 0 aliphatic heterocycles. The number of benzene rings is 1. The Labute approximate surface area is 126 Å². The molecule has 0 amide bonds. The van der Waals surface area contributed by atoms with Gasteiger partial charge in [-0.1, -0.05) is 22.9 Å². The highest BCUT2D eigenvalue weighted by Gasteiger charge is 2.14. The van der Waals surface area contributed by atoms with Crippen molar-refractivity contribution >= 4 is 27.6 Å². The summed E-state index contributed by atoms with van der Waals surface area (Å²) in [6.45, 7) is 3.50. The average Bonchev–Trinajstić information content (AvgIpc) is 2.40. The molecule has 0 spiro atoms. The molecule has 0 aromatic heterocycles. The van der Waals surface area contributed by atoms with Gasteiger partial charge in [-0.05, 0) is 24.6 Å². The summed E-state index contributed by atoms with van der Waals surface area (Å²) in [6.07, 6.45) is 0.904. The van der Waals surface area contributed by atoms with Gasteiger partial charge in [0.05, 0.1) is 18.6 Å². The number of nitro benzene ring substituents is 1. The van der Waals surface area contributed by atoms with E-state index in [0.717, 1.165) is 18.5 Å². The Hall–Kier alpha value is -1.47. The molecule has 0 unspecified atom stereocenters. The van der Waals surface area contributed by atoms with E-state index in [4.69, 9.17) is 0 Å². The molecule has 1 rings (SSSR count). The third kappa shape index (κ3) is 4.90. The number of nitrogens with zero attached hydrogens (tertiary/aromatic N) is 2. The van der Waals surface area contributed by atoms with Crippen LogP contribution < -0.4 is 0 Å². The van der Waals surface area contributed by atoms with Gasteiger partial charge in [0.2, 0.25) is 0 Å². The average molecular weight is 345 g/mol. The Morgan fingerprint density at radius 2 is 2.20 bits per heavy atom. The minimum Gasteiger partial charge on any atom is -0.468 e. The lowest BCUT2D eigenvalue weighted by Crippen LogP contribution is -2.31. The second-order valence-corrected chi connectivity index (χ2v) is 5.17. The minimum atomic E-state index is -0.438. The highest BCUT2D eigenvalue weighted by atomic mass is 79.9. The standard InChI is InChI=1S/C13H17BrN2O4/c1-3-6-15(9-13(17)20-2)8-10-4-5-11(16(18)19)7-12(10)14/h4-5,7H,3,6,8-9H2,1-2H3. The number of ether oxygens (including phenoxy) is 1. The largest absolute Gasteiger partial charge is 0.468 e. The maximum atomic E-state index is 11.4. The molecule has 0 atom stereocenters. The summed E-state index contributed by atoms with van der Waals surface area (Å²) in [7, 11) is 1.36. The predicted octanol–water partition coefficient (Wildman–Crippen LogP) is 2.74. The smallest absolute Gasteiger partial charge is 0.319 e. The molecule has 0 radical (unpaired) electrons. The molecule has 0 saturated heterocycles. The molecule has 7 heteroatoms. The highest BCUT2D eigenvalue weighted by molar-refractivity contribution is 9.10. The lowest BCUT2D eigenvalue weighted by Gasteiger charge is -2.20. The molecule has 0 aliphatic rings. The van der Waals surface area contributed by atoms with Gasteiger partial charge in [0.15, 0.2) is 0 Å². The summed E-state index contributed by atoms with van der Waals surface area (Å²) in [6, 6.07) is 4.63. The number of esters is 1. The summed E-state index contributed by atoms with van der Waals surface area (Å²) in [5, 5.41) is 10.7. The second kappa shape index (κ2) is 7.96. The minimum absolute atomic E-state index is 0.0376. The van der Waals surface area contributed by atoms with E-state index in [-0.39, 0.29) is 18.2 Å². The zero-order chi connectivity index (χ0) is 15.1. The number of carbonyl (C=O) groups excluding carboxylic acids is 1. The topological polar surface area (TPSA) is 72.7 Å². The van der Waals surface area contributed by atoms with E-state index in [2.05, 4.69) is 20.7 Å². The van der Waals surface area contributed by atoms with Crippen LogP contribution in [-0.2, 0) is 16.1 Å². The summed E-state index contributed by atoms with van der Waals surface area (Å²) < 4.78 is 5.33. The van der Waals surface area contributed by atoms with Crippen LogP contribution in [0.4, 0.5) is 5.69 Å². The van der Waals surface area contributed by atoms with Crippen molar-refractivity contribution in [3.05, 3.63) is 38.3 Å². The Kier molecular flexibility index (Phi) is 6.60. The van der Waals surface area contributed by atoms with Crippen molar-refractivity contribution in [1.29, 1.82) is 0 Å². The molecule has 1 aromatic carbocycles. The number of methoxy groups -OCH3 is 1. The first-order valence-corrected chi connectivity index (χ1v) is 6.99. The Bertz CT molecular complexity index is 493. The second-order valence-electron chi connectivity index (χ2n) is 4.32. The van der Waals surface area contributed by atoms with Crippen molar-refractivity contribution in [3.63, 3.8) is 0 Å². The summed E-state index contributed by atoms with van der Waals surface area (Å²) in [5.74, 6) is -0.295. The number of hydrogen-bond donors (Lipinski definition) is 0. The number of rotatable bonds is 7. The van der Waals surface area contributed by atoms with Crippen LogP contribution in [0.3, 0.4) is 0 Å². The first-order valence-electron chi connectivity index (χ1n) is 6.20. The fourth-order valence-corrected chi connectivity index (χ4v) is 2.29. The van der Waals surface area contributed by atoms with Crippen LogP contribution in [0.25, 0.3) is 0 Å². The maximum absolute atomic E-state index is 11.4. The van der Waals surface area contributed by atoms with E-state index in [0.29, 0.717) is 11.0 Å². The van der Waals surface area contributed by atoms with Crippen LogP contribution in [0, 0.1) is 10.1 Å². The molecular weight excluding hydrogens is 328 g/mol. The number of nitro groups is 1. The normalized spacial score (nSPS) is 10.6. The van der Waals surface area contributed by atoms with Crippen molar-refractivity contribution in [2.75, 3.05) is 20.2 Å². The molecule has 6 nitrogen and oxygen atoms in total. The van der Waals surface area contributed by atoms with E-state index >= 15 is 0 Å². The van der Waals surface area contributed by atoms with Gasteiger partial charge in [-0.15, -0.1) is 0 Å². The van der Waals surface area contributed by atoms with Crippen LogP contribution in [-0.4, -0.2) is 36.0 Å². The van der Waals surface area contributed by atoms with Crippen LogP contribution >= 0.6 is 15.9 Å². The van der Waals surface area contributed by atoms with Crippen LogP contribution in [0.5, 0.6) is 0 Å². The number of hydrogen-bond acceptors (Lipinski definition) is 5. The molecule has 0 fully saturated rings. The van der Waals surface area contributed by atoms with Crippen LogP contribution in [0.2, 0.25) is 0 Å². The molecule has 0 N–H and O–H groups in total. The van der Waals surface area contributed by atoms with Crippen molar-refractivity contribution in [1.82, 2.24) is 4.90 Å². The van der Waals surface area contributed by atoms with Gasteiger partial charge in [0.25, 0.3) is 5.69 Å². The molecule has 1 aromatic rings. The highest BCUT2D eigenvalue weighted by Crippen LogP contribution is 2.24. The van der Waals surface area contributed by atoms with E-state index in [9.17, 15) is 14.9 Å². The maximum Gasteiger partial charge on any atom is 0.319 e. The molecule has 0 bridgehead atoms. The van der Waals surface area contributed by atoms with Crippen LogP contribution in [0.15, 0.2) is 22.7 Å². The number of non-ortho nitro benzene ring substituents is 1. The van der Waals surface area contributed by atoms with Gasteiger partial charge in [-0.3, -0.25) is 19.8 Å². The van der Waals surface area contributed by atoms with E-state index in [1.165, 1.54) is 19.2 Å². The zero-order valence-corrected chi connectivity index (χ0v) is 13.1. The van der Waals surface area contributed by atoms with Crippen molar-refractivity contribution in [2.45, 2.75) is 19.9 Å². The van der Waals surface area contributed by atoms with Gasteiger partial charge >= 0.3 is 5.97 Å². The molecular formula is C13H17BrN2O4. The van der Waals surface area contributed by atoms with Gasteiger partial charge < -0.3 is 4.74 Å². The lowest BCUT2D eigenvalue weighted by atomic mass is 10.2. The van der Waals surface area contributed by atoms with Gasteiger partial charge in [0.1, 0.15) is 0 Å². The van der Waals surface area contributed by atoms with Gasteiger partial charge in [-0.2, -0.15) is 0 Å². The lowest BCUT2D eigenvalue weighted by molar-refractivity contribution is -0.384. The van der Waals surface area contributed by atoms with Crippen molar-refractivity contribution in [3.8, 4) is 0 Å². The van der Waals surface area contributed by atoms with Crippen molar-refractivity contribution < 1.29 is 14.5 Å². The van der Waals surface area contributed by atoms with Crippen LogP contribution in [0.1, 0.15) is 18.9 Å². The Balaban J connectivity index is 2.82. The van der Waals surface area contributed by atoms with Gasteiger partial charge in [0, 0.05) is 23.2 Å². The van der Waals surface area contributed by atoms with Crippen molar-refractivity contribution in [2.24, 2.45) is 0 Å². The first-order chi connectivity index (χ1) is 9.47. The Morgan fingerprint density at radius 1 is 1.50 bits per heavy atom. The fourth-order valence-electron chi connectivity index (χ4n) is 1.80. The van der Waals surface area contributed by atoms with E-state index < -0.39 is 4.92 Å². The van der Waals surface area contributed by atoms with Gasteiger partial charge in [-0.25, -0.2) is 0 Å². The zero-order valence-electron chi connectivity index (χ0n) is 11.5. The Morgan fingerprint density at radius 3 is 2.70 bits per heavy atom. The quantitative estimate of drug-likeness (QED) is 0.432. The third-order valence-electron chi connectivity index (χ3n) is 2.76. The first kappa shape index (κ1) is 16.6. The summed E-state index contributed by atoms with van der Waals surface area (Å²) in [5.41, 5.74) is 0.934. The molecule has 0 aliphatic carbocycles.